The van der Waals surface area contributed by atoms with E-state index in [1.807, 2.05) is 36.7 Å². The Labute approximate surface area is 140 Å². The maximum Gasteiger partial charge on any atom is 0.251 e. The number of pyridine rings is 1. The van der Waals surface area contributed by atoms with Crippen molar-refractivity contribution >= 4 is 16.9 Å². The highest BCUT2D eigenvalue weighted by atomic mass is 16.1. The standard InChI is InChI=1S/C19H20N4O/c24-19(21-12-14-4-3-9-20-11-14)15-7-8-18-17(10-15)22-13-23(18)16-5-1-2-6-16/h3-4,7-11,13,16H,1-2,5-6,12H2,(H,21,24). The molecule has 0 spiro atoms. The van der Waals surface area contributed by atoms with Crippen molar-refractivity contribution in [2.45, 2.75) is 38.3 Å². The van der Waals surface area contributed by atoms with Crippen LogP contribution in [0.3, 0.4) is 0 Å². The second kappa shape index (κ2) is 6.43. The number of hydrogen-bond acceptors (Lipinski definition) is 3. The average Bonchev–Trinajstić information content (AvgIpc) is 3.29. The Morgan fingerprint density at radius 2 is 2.12 bits per heavy atom. The van der Waals surface area contributed by atoms with Gasteiger partial charge in [-0.1, -0.05) is 18.9 Å². The summed E-state index contributed by atoms with van der Waals surface area (Å²) in [4.78, 5) is 20.9. The third kappa shape index (κ3) is 2.89. The van der Waals surface area contributed by atoms with Crippen LogP contribution in [-0.4, -0.2) is 20.4 Å². The van der Waals surface area contributed by atoms with Crippen molar-refractivity contribution in [3.05, 3.63) is 60.2 Å². The molecule has 5 heteroatoms. The van der Waals surface area contributed by atoms with Gasteiger partial charge < -0.3 is 9.88 Å². The molecule has 122 valence electrons. The first-order valence-corrected chi connectivity index (χ1v) is 8.45. The number of amides is 1. The number of carbonyl (C=O) groups is 1. The second-order valence-corrected chi connectivity index (χ2v) is 6.34. The summed E-state index contributed by atoms with van der Waals surface area (Å²) >= 11 is 0. The van der Waals surface area contributed by atoms with E-state index in [-0.39, 0.29) is 5.91 Å². The summed E-state index contributed by atoms with van der Waals surface area (Å²) in [5, 5.41) is 2.93. The first-order valence-electron chi connectivity index (χ1n) is 8.45. The van der Waals surface area contributed by atoms with Crippen LogP contribution in [0.5, 0.6) is 0 Å². The highest BCUT2D eigenvalue weighted by molar-refractivity contribution is 5.97. The Bertz CT molecular complexity index is 850. The fourth-order valence-corrected chi connectivity index (χ4v) is 3.43. The Morgan fingerprint density at radius 1 is 1.25 bits per heavy atom. The molecule has 24 heavy (non-hydrogen) atoms. The number of hydrogen-bond donors (Lipinski definition) is 1. The SMILES string of the molecule is O=C(NCc1cccnc1)c1ccc2c(c1)ncn2C1CCCC1. The summed E-state index contributed by atoms with van der Waals surface area (Å²) in [5.74, 6) is -0.0869. The zero-order valence-corrected chi connectivity index (χ0v) is 13.5. The molecule has 2 heterocycles. The molecule has 0 atom stereocenters. The summed E-state index contributed by atoms with van der Waals surface area (Å²) in [5.41, 5.74) is 3.63. The first kappa shape index (κ1) is 14.9. The lowest BCUT2D eigenvalue weighted by molar-refractivity contribution is 0.0951. The Kier molecular flexibility index (Phi) is 3.99. The van der Waals surface area contributed by atoms with Crippen molar-refractivity contribution in [1.82, 2.24) is 19.9 Å². The fraction of sp³-hybridized carbons (Fsp3) is 0.316. The molecule has 0 bridgehead atoms. The summed E-state index contributed by atoms with van der Waals surface area (Å²) in [6, 6.07) is 10.1. The second-order valence-electron chi connectivity index (χ2n) is 6.34. The van der Waals surface area contributed by atoms with Crippen molar-refractivity contribution in [2.75, 3.05) is 0 Å². The summed E-state index contributed by atoms with van der Waals surface area (Å²) < 4.78 is 2.26. The van der Waals surface area contributed by atoms with Gasteiger partial charge in [0.2, 0.25) is 0 Å². The maximum atomic E-state index is 12.4. The summed E-state index contributed by atoms with van der Waals surface area (Å²) in [7, 11) is 0. The summed E-state index contributed by atoms with van der Waals surface area (Å²) in [6.07, 6.45) is 10.4. The van der Waals surface area contributed by atoms with Crippen molar-refractivity contribution in [3.63, 3.8) is 0 Å². The molecule has 5 nitrogen and oxygen atoms in total. The van der Waals surface area contributed by atoms with Crippen LogP contribution in [0.4, 0.5) is 0 Å². The molecule has 0 unspecified atom stereocenters. The van der Waals surface area contributed by atoms with Crippen LogP contribution in [0.2, 0.25) is 0 Å². The van der Waals surface area contributed by atoms with E-state index in [2.05, 4.69) is 19.9 Å². The number of rotatable bonds is 4. The minimum absolute atomic E-state index is 0.0869. The molecule has 2 aromatic heterocycles. The molecule has 1 N–H and O–H groups in total. The molecule has 1 aliphatic rings. The summed E-state index contributed by atoms with van der Waals surface area (Å²) in [6.45, 7) is 0.473. The van der Waals surface area contributed by atoms with Crippen molar-refractivity contribution in [2.24, 2.45) is 0 Å². The Morgan fingerprint density at radius 3 is 2.92 bits per heavy atom. The lowest BCUT2D eigenvalue weighted by atomic mass is 10.1. The number of nitrogens with one attached hydrogen (secondary N) is 1. The molecule has 4 rings (SSSR count). The molecule has 0 saturated heterocycles. The van der Waals surface area contributed by atoms with Crippen LogP contribution < -0.4 is 5.32 Å². The van der Waals surface area contributed by atoms with Crippen LogP contribution in [0.25, 0.3) is 11.0 Å². The number of imidazole rings is 1. The van der Waals surface area contributed by atoms with E-state index in [4.69, 9.17) is 0 Å². The van der Waals surface area contributed by atoms with E-state index in [0.29, 0.717) is 18.2 Å². The van der Waals surface area contributed by atoms with Gasteiger partial charge in [0.15, 0.2) is 0 Å². The highest BCUT2D eigenvalue weighted by Crippen LogP contribution is 2.32. The predicted octanol–water partition coefficient (Wildman–Crippen LogP) is 3.48. The monoisotopic (exact) mass is 320 g/mol. The van der Waals surface area contributed by atoms with Crippen molar-refractivity contribution < 1.29 is 4.79 Å². The largest absolute Gasteiger partial charge is 0.348 e. The number of carbonyl (C=O) groups excluding carboxylic acids is 1. The lowest BCUT2D eigenvalue weighted by Crippen LogP contribution is -2.22. The van der Waals surface area contributed by atoms with Gasteiger partial charge in [0.05, 0.1) is 17.4 Å². The maximum absolute atomic E-state index is 12.4. The highest BCUT2D eigenvalue weighted by Gasteiger charge is 2.19. The van der Waals surface area contributed by atoms with E-state index in [1.165, 1.54) is 25.7 Å². The van der Waals surface area contributed by atoms with Crippen LogP contribution in [0.15, 0.2) is 49.1 Å². The van der Waals surface area contributed by atoms with Crippen molar-refractivity contribution in [3.8, 4) is 0 Å². The van der Waals surface area contributed by atoms with Crippen LogP contribution in [0, 0.1) is 0 Å². The van der Waals surface area contributed by atoms with Gasteiger partial charge in [-0.05, 0) is 42.7 Å². The fourth-order valence-electron chi connectivity index (χ4n) is 3.43. The van der Waals surface area contributed by atoms with E-state index < -0.39 is 0 Å². The van der Waals surface area contributed by atoms with Crippen LogP contribution in [0.1, 0.15) is 47.6 Å². The van der Waals surface area contributed by atoms with Gasteiger partial charge in [0.1, 0.15) is 0 Å². The van der Waals surface area contributed by atoms with E-state index in [0.717, 1.165) is 16.6 Å². The molecule has 0 radical (unpaired) electrons. The van der Waals surface area contributed by atoms with Gasteiger partial charge in [-0.15, -0.1) is 0 Å². The predicted molar refractivity (Wildman–Crippen MR) is 92.6 cm³/mol. The smallest absolute Gasteiger partial charge is 0.251 e. The third-order valence-corrected chi connectivity index (χ3v) is 4.73. The Balaban J connectivity index is 1.51. The van der Waals surface area contributed by atoms with Crippen LogP contribution >= 0.6 is 0 Å². The topological polar surface area (TPSA) is 59.8 Å². The van der Waals surface area contributed by atoms with E-state index >= 15 is 0 Å². The number of fused-ring (bicyclic) bond motifs is 1. The average molecular weight is 320 g/mol. The molecule has 1 fully saturated rings. The molecule has 1 aromatic carbocycles. The minimum Gasteiger partial charge on any atom is -0.348 e. The quantitative estimate of drug-likeness (QED) is 0.800. The van der Waals surface area contributed by atoms with Gasteiger partial charge in [-0.3, -0.25) is 9.78 Å². The molecule has 1 aliphatic carbocycles. The molecule has 3 aromatic rings. The van der Waals surface area contributed by atoms with Crippen LogP contribution in [-0.2, 0) is 6.54 Å². The normalized spacial score (nSPS) is 15.0. The Hall–Kier alpha value is -2.69. The number of nitrogens with zero attached hydrogens (tertiary/aromatic N) is 3. The van der Waals surface area contributed by atoms with E-state index in [1.54, 1.807) is 12.4 Å². The van der Waals surface area contributed by atoms with Gasteiger partial charge in [0.25, 0.3) is 5.91 Å². The molecular weight excluding hydrogens is 300 g/mol. The molecule has 1 saturated carbocycles. The third-order valence-electron chi connectivity index (χ3n) is 4.73. The van der Waals surface area contributed by atoms with E-state index in [9.17, 15) is 4.79 Å². The lowest BCUT2D eigenvalue weighted by Gasteiger charge is -2.12. The molecular formula is C19H20N4O. The number of aromatic nitrogens is 3. The molecule has 0 aliphatic heterocycles. The van der Waals surface area contributed by atoms with Gasteiger partial charge >= 0.3 is 0 Å². The molecule has 1 amide bonds. The van der Waals surface area contributed by atoms with Gasteiger partial charge in [-0.2, -0.15) is 0 Å². The first-order chi connectivity index (χ1) is 11.8. The zero-order valence-electron chi connectivity index (χ0n) is 13.5. The minimum atomic E-state index is -0.0869. The van der Waals surface area contributed by atoms with Gasteiger partial charge in [0, 0.05) is 30.5 Å². The zero-order chi connectivity index (χ0) is 16.4. The van der Waals surface area contributed by atoms with Gasteiger partial charge in [-0.25, -0.2) is 4.98 Å². The van der Waals surface area contributed by atoms with Crippen molar-refractivity contribution in [1.29, 1.82) is 0 Å². The number of benzene rings is 1.